The van der Waals surface area contributed by atoms with Gasteiger partial charge in [-0.15, -0.1) is 0 Å². The molecule has 2 fully saturated rings. The number of hydrogen-bond donors (Lipinski definition) is 2. The molecule has 2 heteroatoms. The van der Waals surface area contributed by atoms with Crippen molar-refractivity contribution in [2.24, 2.45) is 17.1 Å². The lowest BCUT2D eigenvalue weighted by Gasteiger charge is -2.21. The summed E-state index contributed by atoms with van der Waals surface area (Å²) in [4.78, 5) is 0. The number of rotatable bonds is 1. The van der Waals surface area contributed by atoms with Crippen LogP contribution in [0.3, 0.4) is 0 Å². The predicted octanol–water partition coefficient (Wildman–Crippen LogP) is 0.725. The minimum absolute atomic E-state index is 0.671. The molecular weight excluding hydrogens is 136 g/mol. The number of nitrogens with one attached hydrogen (secondary N) is 1. The van der Waals surface area contributed by atoms with E-state index in [1.54, 1.807) is 0 Å². The van der Waals surface area contributed by atoms with Crippen LogP contribution in [-0.4, -0.2) is 19.6 Å². The van der Waals surface area contributed by atoms with Crippen molar-refractivity contribution >= 4 is 0 Å². The van der Waals surface area contributed by atoms with Crippen molar-refractivity contribution in [3.63, 3.8) is 0 Å². The van der Waals surface area contributed by atoms with Crippen LogP contribution in [0.2, 0.25) is 0 Å². The molecular formula is C9H18N2. The highest BCUT2D eigenvalue weighted by molar-refractivity contribution is 4.94. The zero-order chi connectivity index (χ0) is 7.73. The van der Waals surface area contributed by atoms with E-state index in [1.165, 1.54) is 38.8 Å². The minimum atomic E-state index is 0.671. The lowest BCUT2D eigenvalue weighted by molar-refractivity contribution is 0.321. The predicted molar refractivity (Wildman–Crippen MR) is 46.3 cm³/mol. The molecule has 1 heterocycles. The maximum absolute atomic E-state index is 5.66. The third-order valence-electron chi connectivity index (χ3n) is 3.47. The van der Waals surface area contributed by atoms with E-state index in [-0.39, 0.29) is 0 Å². The molecule has 2 atom stereocenters. The van der Waals surface area contributed by atoms with Crippen molar-refractivity contribution in [2.45, 2.75) is 25.7 Å². The van der Waals surface area contributed by atoms with Gasteiger partial charge in [-0.25, -0.2) is 0 Å². The SMILES string of the molecule is NC[C@@H]1CC[C@@]2(CCNC2)C1. The van der Waals surface area contributed by atoms with E-state index in [9.17, 15) is 0 Å². The highest BCUT2D eigenvalue weighted by atomic mass is 14.9. The second-order valence-electron chi connectivity index (χ2n) is 4.27. The van der Waals surface area contributed by atoms with E-state index in [0.717, 1.165) is 12.5 Å². The van der Waals surface area contributed by atoms with E-state index in [0.29, 0.717) is 5.41 Å². The molecule has 1 saturated heterocycles. The fourth-order valence-electron chi connectivity index (χ4n) is 2.71. The second-order valence-corrected chi connectivity index (χ2v) is 4.27. The Morgan fingerprint density at radius 2 is 2.36 bits per heavy atom. The van der Waals surface area contributed by atoms with Gasteiger partial charge in [0.05, 0.1) is 0 Å². The Balaban J connectivity index is 1.96. The monoisotopic (exact) mass is 154 g/mol. The molecule has 2 rings (SSSR count). The summed E-state index contributed by atoms with van der Waals surface area (Å²) in [6.07, 6.45) is 5.57. The lowest BCUT2D eigenvalue weighted by Crippen LogP contribution is -2.21. The van der Waals surface area contributed by atoms with Gasteiger partial charge >= 0.3 is 0 Å². The molecule has 1 aliphatic carbocycles. The van der Waals surface area contributed by atoms with Gasteiger partial charge in [0.1, 0.15) is 0 Å². The Hall–Kier alpha value is -0.0800. The van der Waals surface area contributed by atoms with E-state index in [2.05, 4.69) is 5.32 Å². The third-order valence-corrected chi connectivity index (χ3v) is 3.47. The highest BCUT2D eigenvalue weighted by Gasteiger charge is 2.40. The quantitative estimate of drug-likeness (QED) is 0.584. The first-order valence-corrected chi connectivity index (χ1v) is 4.75. The van der Waals surface area contributed by atoms with Gasteiger partial charge in [-0.3, -0.25) is 0 Å². The van der Waals surface area contributed by atoms with Crippen LogP contribution in [0.4, 0.5) is 0 Å². The smallest absolute Gasteiger partial charge is 0.000840 e. The Labute approximate surface area is 68.5 Å². The summed E-state index contributed by atoms with van der Waals surface area (Å²) in [6.45, 7) is 3.39. The largest absolute Gasteiger partial charge is 0.330 e. The number of hydrogen-bond acceptors (Lipinski definition) is 2. The molecule has 0 aromatic heterocycles. The summed E-state index contributed by atoms with van der Waals surface area (Å²) in [5.74, 6) is 0.829. The van der Waals surface area contributed by atoms with Crippen LogP contribution in [-0.2, 0) is 0 Å². The second kappa shape index (κ2) is 2.76. The van der Waals surface area contributed by atoms with Crippen molar-refractivity contribution in [1.82, 2.24) is 5.32 Å². The molecule has 11 heavy (non-hydrogen) atoms. The molecule has 0 radical (unpaired) electrons. The van der Waals surface area contributed by atoms with Crippen LogP contribution in [0.1, 0.15) is 25.7 Å². The van der Waals surface area contributed by atoms with Gasteiger partial charge in [0.15, 0.2) is 0 Å². The molecule has 0 amide bonds. The summed E-state index contributed by atoms with van der Waals surface area (Å²) in [5, 5.41) is 3.46. The zero-order valence-corrected chi connectivity index (χ0v) is 7.10. The van der Waals surface area contributed by atoms with Crippen molar-refractivity contribution in [3.8, 4) is 0 Å². The normalized spacial score (nSPS) is 43.9. The molecule has 2 aliphatic rings. The first kappa shape index (κ1) is 7.56. The van der Waals surface area contributed by atoms with Gasteiger partial charge in [0, 0.05) is 6.54 Å². The molecule has 0 aromatic rings. The molecule has 3 N–H and O–H groups in total. The van der Waals surface area contributed by atoms with Crippen molar-refractivity contribution in [1.29, 1.82) is 0 Å². The van der Waals surface area contributed by atoms with Crippen molar-refractivity contribution < 1.29 is 0 Å². The average molecular weight is 154 g/mol. The standard InChI is InChI=1S/C9H18N2/c10-6-8-1-2-9(5-8)3-4-11-7-9/h8,11H,1-7,10H2/t8-,9-/m1/s1. The molecule has 1 aliphatic heterocycles. The highest BCUT2D eigenvalue weighted by Crippen LogP contribution is 2.45. The first-order chi connectivity index (χ1) is 5.35. The van der Waals surface area contributed by atoms with Gasteiger partial charge in [-0.1, -0.05) is 0 Å². The van der Waals surface area contributed by atoms with E-state index in [1.807, 2.05) is 0 Å². The molecule has 0 bridgehead atoms. The summed E-state index contributed by atoms with van der Waals surface area (Å²) in [5.41, 5.74) is 6.33. The minimum Gasteiger partial charge on any atom is -0.330 e. The lowest BCUT2D eigenvalue weighted by atomic mass is 9.84. The Kier molecular flexibility index (Phi) is 1.90. The first-order valence-electron chi connectivity index (χ1n) is 4.75. The van der Waals surface area contributed by atoms with Crippen molar-refractivity contribution in [2.75, 3.05) is 19.6 Å². The topological polar surface area (TPSA) is 38.0 Å². The van der Waals surface area contributed by atoms with Crippen LogP contribution in [0.5, 0.6) is 0 Å². The van der Waals surface area contributed by atoms with Gasteiger partial charge < -0.3 is 11.1 Å². The van der Waals surface area contributed by atoms with Gasteiger partial charge in [-0.2, -0.15) is 0 Å². The summed E-state index contributed by atoms with van der Waals surface area (Å²) >= 11 is 0. The summed E-state index contributed by atoms with van der Waals surface area (Å²) in [7, 11) is 0. The third kappa shape index (κ3) is 1.30. The van der Waals surface area contributed by atoms with Crippen LogP contribution >= 0.6 is 0 Å². The van der Waals surface area contributed by atoms with E-state index < -0.39 is 0 Å². The Morgan fingerprint density at radius 3 is 2.91 bits per heavy atom. The molecule has 1 saturated carbocycles. The Morgan fingerprint density at radius 1 is 1.45 bits per heavy atom. The summed E-state index contributed by atoms with van der Waals surface area (Å²) < 4.78 is 0. The van der Waals surface area contributed by atoms with E-state index in [4.69, 9.17) is 5.73 Å². The fraction of sp³-hybridized carbons (Fsp3) is 1.00. The molecule has 1 spiro atoms. The zero-order valence-electron chi connectivity index (χ0n) is 7.10. The summed E-state index contributed by atoms with van der Waals surface area (Å²) in [6, 6.07) is 0. The van der Waals surface area contributed by atoms with Crippen LogP contribution in [0.25, 0.3) is 0 Å². The van der Waals surface area contributed by atoms with Gasteiger partial charge in [0.2, 0.25) is 0 Å². The number of nitrogens with two attached hydrogens (primary N) is 1. The van der Waals surface area contributed by atoms with Crippen LogP contribution in [0.15, 0.2) is 0 Å². The maximum Gasteiger partial charge on any atom is 0.000840 e. The Bertz CT molecular complexity index is 138. The van der Waals surface area contributed by atoms with Gasteiger partial charge in [-0.05, 0) is 50.1 Å². The van der Waals surface area contributed by atoms with Gasteiger partial charge in [0.25, 0.3) is 0 Å². The van der Waals surface area contributed by atoms with E-state index >= 15 is 0 Å². The average Bonchev–Trinajstić information content (AvgIpc) is 2.62. The maximum atomic E-state index is 5.66. The van der Waals surface area contributed by atoms with Crippen LogP contribution < -0.4 is 11.1 Å². The molecule has 2 nitrogen and oxygen atoms in total. The fourth-order valence-corrected chi connectivity index (χ4v) is 2.71. The molecule has 0 unspecified atom stereocenters. The van der Waals surface area contributed by atoms with Crippen molar-refractivity contribution in [3.05, 3.63) is 0 Å². The molecule has 0 aromatic carbocycles. The van der Waals surface area contributed by atoms with Crippen LogP contribution in [0, 0.1) is 11.3 Å². The molecule has 64 valence electrons.